The Morgan fingerprint density at radius 3 is 2.50 bits per heavy atom. The maximum absolute atomic E-state index is 12.6. The molecule has 2 nitrogen and oxygen atoms in total. The molecule has 0 N–H and O–H groups in total. The van der Waals surface area contributed by atoms with Crippen molar-refractivity contribution >= 4 is 9.24 Å². The normalized spacial score (nSPS) is 40.9. The van der Waals surface area contributed by atoms with E-state index in [1.165, 1.54) is 0 Å². The summed E-state index contributed by atoms with van der Waals surface area (Å²) >= 11 is 0. The second-order valence-corrected chi connectivity index (χ2v) is 3.18. The second kappa shape index (κ2) is 1.90. The Labute approximate surface area is 49.8 Å². The lowest BCUT2D eigenvalue weighted by molar-refractivity contribution is 0.293. The third-order valence-corrected chi connectivity index (χ3v) is 1.69. The average Bonchev–Trinajstić information content (AvgIpc) is 1.82. The molecule has 1 rings (SSSR count). The van der Waals surface area contributed by atoms with Gasteiger partial charge >= 0.3 is 0 Å². The highest BCUT2D eigenvalue weighted by molar-refractivity contribution is 7.18. The van der Waals surface area contributed by atoms with Crippen LogP contribution < -0.4 is 0 Å². The zero-order chi connectivity index (χ0) is 6.20. The summed E-state index contributed by atoms with van der Waals surface area (Å²) in [4.78, 5) is 0. The SMILES string of the molecule is [O-]N1CCC(F)(P)C1. The van der Waals surface area contributed by atoms with Crippen LogP contribution in [0, 0.1) is 5.21 Å². The van der Waals surface area contributed by atoms with Crippen LogP contribution >= 0.6 is 9.24 Å². The lowest BCUT2D eigenvalue weighted by Crippen LogP contribution is -2.18. The van der Waals surface area contributed by atoms with Gasteiger partial charge in [0.1, 0.15) is 5.41 Å². The summed E-state index contributed by atoms with van der Waals surface area (Å²) in [6, 6.07) is 0. The molecule has 0 amide bonds. The van der Waals surface area contributed by atoms with E-state index < -0.39 is 5.41 Å². The van der Waals surface area contributed by atoms with Crippen molar-refractivity contribution in [2.24, 2.45) is 0 Å². The Kier molecular flexibility index (Phi) is 1.52. The number of nitrogens with zero attached hydrogens (tertiary/aromatic N) is 1. The number of hydroxylamine groups is 2. The highest BCUT2D eigenvalue weighted by atomic mass is 31.0. The van der Waals surface area contributed by atoms with Crippen molar-refractivity contribution in [2.75, 3.05) is 13.1 Å². The van der Waals surface area contributed by atoms with Gasteiger partial charge in [-0.3, -0.25) is 0 Å². The summed E-state index contributed by atoms with van der Waals surface area (Å²) < 4.78 is 12.6. The molecule has 2 unspecified atom stereocenters. The zero-order valence-electron chi connectivity index (χ0n) is 4.43. The Morgan fingerprint density at radius 2 is 2.38 bits per heavy atom. The molecule has 48 valence electrons. The van der Waals surface area contributed by atoms with Crippen LogP contribution in [-0.4, -0.2) is 23.6 Å². The summed E-state index contributed by atoms with van der Waals surface area (Å²) in [5.41, 5.74) is 0. The van der Waals surface area contributed by atoms with E-state index in [4.69, 9.17) is 0 Å². The number of halogens is 1. The van der Waals surface area contributed by atoms with Gasteiger partial charge in [0.15, 0.2) is 0 Å². The maximum Gasteiger partial charge on any atom is 0.136 e. The summed E-state index contributed by atoms with van der Waals surface area (Å²) in [5.74, 6) is 0. The minimum absolute atomic E-state index is 0.0116. The van der Waals surface area contributed by atoms with Gasteiger partial charge in [-0.25, -0.2) is 4.39 Å². The van der Waals surface area contributed by atoms with Gasteiger partial charge in [0.2, 0.25) is 0 Å². The van der Waals surface area contributed by atoms with Crippen LogP contribution in [0.4, 0.5) is 4.39 Å². The Hall–Kier alpha value is 0.280. The van der Waals surface area contributed by atoms with E-state index >= 15 is 0 Å². The predicted molar refractivity (Wildman–Crippen MR) is 33.1 cm³/mol. The summed E-state index contributed by atoms with van der Waals surface area (Å²) in [6.45, 7) is 0.345. The van der Waals surface area contributed by atoms with Crippen molar-refractivity contribution in [3.05, 3.63) is 5.21 Å². The van der Waals surface area contributed by atoms with Crippen molar-refractivity contribution in [2.45, 2.75) is 11.8 Å². The molecule has 1 saturated heterocycles. The van der Waals surface area contributed by atoms with Gasteiger partial charge in [0.05, 0.1) is 0 Å². The van der Waals surface area contributed by atoms with Crippen LogP contribution in [0.2, 0.25) is 0 Å². The number of hydrogen-bond donors (Lipinski definition) is 0. The molecule has 1 fully saturated rings. The molecular formula is C4H8FNOP-. The van der Waals surface area contributed by atoms with Crippen molar-refractivity contribution in [3.8, 4) is 0 Å². The molecule has 0 radical (unpaired) electrons. The van der Waals surface area contributed by atoms with Gasteiger partial charge in [-0.2, -0.15) is 0 Å². The Morgan fingerprint density at radius 1 is 1.75 bits per heavy atom. The van der Waals surface area contributed by atoms with Gasteiger partial charge in [0.25, 0.3) is 0 Å². The Balaban J connectivity index is 2.44. The molecular weight excluding hydrogens is 128 g/mol. The quantitative estimate of drug-likeness (QED) is 0.459. The fourth-order valence-corrected chi connectivity index (χ4v) is 1.09. The van der Waals surface area contributed by atoms with Crippen molar-refractivity contribution < 1.29 is 4.39 Å². The van der Waals surface area contributed by atoms with Gasteiger partial charge in [-0.1, -0.05) is 9.24 Å². The van der Waals surface area contributed by atoms with Crippen LogP contribution in [0.3, 0.4) is 0 Å². The molecule has 1 aliphatic heterocycles. The smallest absolute Gasteiger partial charge is 0.136 e. The van der Waals surface area contributed by atoms with E-state index in [9.17, 15) is 9.60 Å². The van der Waals surface area contributed by atoms with Crippen LogP contribution in [0.25, 0.3) is 0 Å². The molecule has 8 heavy (non-hydrogen) atoms. The summed E-state index contributed by atoms with van der Waals surface area (Å²) in [6.07, 6.45) is 0.348. The van der Waals surface area contributed by atoms with E-state index in [0.29, 0.717) is 13.0 Å². The first-order valence-corrected chi connectivity index (χ1v) is 3.08. The van der Waals surface area contributed by atoms with Crippen LogP contribution in [0.5, 0.6) is 0 Å². The van der Waals surface area contributed by atoms with E-state index in [0.717, 1.165) is 5.06 Å². The molecule has 1 aliphatic rings. The zero-order valence-corrected chi connectivity index (χ0v) is 5.59. The third-order valence-electron chi connectivity index (χ3n) is 1.22. The highest BCUT2D eigenvalue weighted by Crippen LogP contribution is 2.30. The van der Waals surface area contributed by atoms with Gasteiger partial charge in [-0.05, 0) is 13.0 Å². The molecule has 2 atom stereocenters. The standard InChI is InChI=1S/C4H8FNOP/c5-4(8)1-2-6(7)3-4/h1-3,8H2/q-1. The van der Waals surface area contributed by atoms with Crippen LogP contribution in [0.1, 0.15) is 6.42 Å². The molecule has 0 aromatic heterocycles. The second-order valence-electron chi connectivity index (χ2n) is 2.15. The lowest BCUT2D eigenvalue weighted by Gasteiger charge is -2.21. The summed E-state index contributed by atoms with van der Waals surface area (Å²) in [7, 11) is 2.05. The maximum atomic E-state index is 12.6. The number of rotatable bonds is 0. The monoisotopic (exact) mass is 136 g/mol. The third kappa shape index (κ3) is 1.38. The number of hydrogen-bond acceptors (Lipinski definition) is 2. The topological polar surface area (TPSA) is 26.3 Å². The van der Waals surface area contributed by atoms with Gasteiger partial charge < -0.3 is 10.3 Å². The van der Waals surface area contributed by atoms with Crippen LogP contribution in [-0.2, 0) is 0 Å². The first kappa shape index (κ1) is 6.40. The molecule has 0 bridgehead atoms. The largest absolute Gasteiger partial charge is 0.785 e. The predicted octanol–water partition coefficient (Wildman–Crippen LogP) is 0.731. The first-order valence-electron chi connectivity index (χ1n) is 2.50. The van der Waals surface area contributed by atoms with Crippen molar-refractivity contribution in [1.82, 2.24) is 5.06 Å². The van der Waals surface area contributed by atoms with Crippen molar-refractivity contribution in [3.63, 3.8) is 0 Å². The van der Waals surface area contributed by atoms with Crippen LogP contribution in [0.15, 0.2) is 0 Å². The fraction of sp³-hybridized carbons (Fsp3) is 1.00. The fourth-order valence-electron chi connectivity index (χ4n) is 0.762. The van der Waals surface area contributed by atoms with E-state index in [1.54, 1.807) is 0 Å². The molecule has 0 aromatic rings. The van der Waals surface area contributed by atoms with Crippen molar-refractivity contribution in [1.29, 1.82) is 0 Å². The Bertz CT molecular complexity index is 98.0. The highest BCUT2D eigenvalue weighted by Gasteiger charge is 2.28. The molecule has 0 spiro atoms. The average molecular weight is 136 g/mol. The molecule has 1 heterocycles. The van der Waals surface area contributed by atoms with E-state index in [-0.39, 0.29) is 6.54 Å². The van der Waals surface area contributed by atoms with E-state index in [1.807, 2.05) is 9.24 Å². The molecule has 0 saturated carbocycles. The summed E-state index contributed by atoms with van der Waals surface area (Å²) in [5, 5.41) is 9.76. The van der Waals surface area contributed by atoms with Gasteiger partial charge in [0, 0.05) is 6.54 Å². The first-order chi connectivity index (χ1) is 3.60. The molecule has 0 aromatic carbocycles. The molecule has 4 heteroatoms. The van der Waals surface area contributed by atoms with Gasteiger partial charge in [-0.15, -0.1) is 0 Å². The lowest BCUT2D eigenvalue weighted by atomic mass is 10.3. The molecule has 0 aliphatic carbocycles. The minimum Gasteiger partial charge on any atom is -0.785 e. The minimum atomic E-state index is -1.30. The van der Waals surface area contributed by atoms with E-state index in [2.05, 4.69) is 0 Å². The number of alkyl halides is 1.